The summed E-state index contributed by atoms with van der Waals surface area (Å²) in [6.45, 7) is 0.827. The van der Waals surface area contributed by atoms with E-state index in [4.69, 9.17) is 0 Å². The van der Waals surface area contributed by atoms with Crippen LogP contribution < -0.4 is 5.32 Å². The Hall–Kier alpha value is -2.55. The lowest BCUT2D eigenvalue weighted by Crippen LogP contribution is -2.32. The van der Waals surface area contributed by atoms with Gasteiger partial charge in [0.15, 0.2) is 25.5 Å². The number of hydrogen-bond acceptors (Lipinski definition) is 6. The number of piperidine rings is 1. The van der Waals surface area contributed by atoms with Crippen LogP contribution in [0, 0.1) is 0 Å². The first kappa shape index (κ1) is 21.2. The van der Waals surface area contributed by atoms with E-state index in [0.29, 0.717) is 24.2 Å². The minimum atomic E-state index is -3.27. The standard InChI is InChI=1S/C21H21NO5S2/c1-28(24,25)19-7-3-15(4-8-19)11-17-13-22-14-18(21(17)23)12-16-5-9-20(10-6-16)29(2,26)27/h3-12,22H,13-14H2,1-2H3/b17-11+,18-12+. The molecule has 0 atom stereocenters. The number of carbonyl (C=O) groups is 1. The number of ketones is 1. The van der Waals surface area contributed by atoms with Gasteiger partial charge in [0.25, 0.3) is 0 Å². The molecule has 152 valence electrons. The summed E-state index contributed by atoms with van der Waals surface area (Å²) in [7, 11) is -6.53. The van der Waals surface area contributed by atoms with Gasteiger partial charge < -0.3 is 5.32 Å². The lowest BCUT2D eigenvalue weighted by atomic mass is 9.95. The fourth-order valence-corrected chi connectivity index (χ4v) is 4.22. The van der Waals surface area contributed by atoms with Crippen LogP contribution in [0.1, 0.15) is 11.1 Å². The molecule has 1 aliphatic rings. The van der Waals surface area contributed by atoms with Crippen LogP contribution >= 0.6 is 0 Å². The van der Waals surface area contributed by atoms with E-state index in [-0.39, 0.29) is 15.6 Å². The van der Waals surface area contributed by atoms with E-state index < -0.39 is 19.7 Å². The second kappa shape index (κ2) is 8.06. The van der Waals surface area contributed by atoms with Crippen molar-refractivity contribution < 1.29 is 21.6 Å². The highest BCUT2D eigenvalue weighted by Crippen LogP contribution is 2.19. The van der Waals surface area contributed by atoms with E-state index in [1.54, 1.807) is 36.4 Å². The molecule has 29 heavy (non-hydrogen) atoms. The molecule has 0 amide bonds. The molecule has 0 unspecified atom stereocenters. The lowest BCUT2D eigenvalue weighted by molar-refractivity contribution is -0.112. The first-order valence-electron chi connectivity index (χ1n) is 8.81. The molecular weight excluding hydrogens is 410 g/mol. The van der Waals surface area contributed by atoms with Crippen molar-refractivity contribution in [2.75, 3.05) is 25.6 Å². The van der Waals surface area contributed by atoms with Crippen LogP contribution in [0.25, 0.3) is 12.2 Å². The Labute approximate surface area is 170 Å². The van der Waals surface area contributed by atoms with Gasteiger partial charge in [0.1, 0.15) is 0 Å². The van der Waals surface area contributed by atoms with Crippen LogP contribution in [-0.2, 0) is 24.5 Å². The van der Waals surface area contributed by atoms with Gasteiger partial charge in [-0.15, -0.1) is 0 Å². The third kappa shape index (κ3) is 5.29. The topological polar surface area (TPSA) is 97.4 Å². The number of benzene rings is 2. The highest BCUT2D eigenvalue weighted by Gasteiger charge is 2.20. The van der Waals surface area contributed by atoms with Crippen LogP contribution in [-0.4, -0.2) is 48.2 Å². The fraction of sp³-hybridized carbons (Fsp3) is 0.190. The summed E-state index contributed by atoms with van der Waals surface area (Å²) in [5.74, 6) is -0.0943. The van der Waals surface area contributed by atoms with Crippen molar-refractivity contribution in [3.8, 4) is 0 Å². The van der Waals surface area contributed by atoms with Crippen LogP contribution in [0.3, 0.4) is 0 Å². The highest BCUT2D eigenvalue weighted by molar-refractivity contribution is 7.91. The largest absolute Gasteiger partial charge is 0.308 e. The van der Waals surface area contributed by atoms with Gasteiger partial charge in [-0.2, -0.15) is 0 Å². The van der Waals surface area contributed by atoms with Crippen molar-refractivity contribution in [2.45, 2.75) is 9.79 Å². The van der Waals surface area contributed by atoms with Crippen molar-refractivity contribution in [2.24, 2.45) is 0 Å². The molecule has 1 fully saturated rings. The third-order valence-corrected chi connectivity index (χ3v) is 6.77. The van der Waals surface area contributed by atoms with E-state index in [1.165, 1.54) is 24.3 Å². The number of sulfone groups is 2. The summed E-state index contributed by atoms with van der Waals surface area (Å²) in [6.07, 6.45) is 5.77. The molecule has 1 N–H and O–H groups in total. The number of hydrogen-bond donors (Lipinski definition) is 1. The van der Waals surface area contributed by atoms with Crippen molar-refractivity contribution in [1.82, 2.24) is 5.32 Å². The molecular formula is C21H21NO5S2. The predicted molar refractivity (Wildman–Crippen MR) is 113 cm³/mol. The monoisotopic (exact) mass is 431 g/mol. The normalized spacial score (nSPS) is 18.3. The maximum absolute atomic E-state index is 12.8. The van der Waals surface area contributed by atoms with Crippen molar-refractivity contribution >= 4 is 37.6 Å². The van der Waals surface area contributed by atoms with Crippen LogP contribution in [0.5, 0.6) is 0 Å². The Morgan fingerprint density at radius 2 is 1.03 bits per heavy atom. The van der Waals surface area contributed by atoms with Gasteiger partial charge in [-0.25, -0.2) is 16.8 Å². The van der Waals surface area contributed by atoms with Gasteiger partial charge in [-0.3, -0.25) is 4.79 Å². The van der Waals surface area contributed by atoms with Crippen LogP contribution in [0.4, 0.5) is 0 Å². The van der Waals surface area contributed by atoms with Crippen molar-refractivity contribution in [3.63, 3.8) is 0 Å². The van der Waals surface area contributed by atoms with Gasteiger partial charge in [-0.05, 0) is 47.5 Å². The SMILES string of the molecule is CS(=O)(=O)c1ccc(/C=C2\CNC/C(=C\c3ccc(S(C)(=O)=O)cc3)C2=O)cc1. The van der Waals surface area contributed by atoms with Gasteiger partial charge >= 0.3 is 0 Å². The average molecular weight is 432 g/mol. The summed E-state index contributed by atoms with van der Waals surface area (Å²) in [5, 5.41) is 3.18. The highest BCUT2D eigenvalue weighted by atomic mass is 32.2. The van der Waals surface area contributed by atoms with E-state index in [2.05, 4.69) is 5.32 Å². The summed E-state index contributed by atoms with van der Waals surface area (Å²) >= 11 is 0. The van der Waals surface area contributed by atoms with Gasteiger partial charge in [0.05, 0.1) is 9.79 Å². The minimum Gasteiger partial charge on any atom is -0.308 e. The Morgan fingerprint density at radius 1 is 0.690 bits per heavy atom. The quantitative estimate of drug-likeness (QED) is 0.745. The molecule has 0 bridgehead atoms. The predicted octanol–water partition coefficient (Wildman–Crippen LogP) is 2.13. The molecule has 0 aromatic heterocycles. The van der Waals surface area contributed by atoms with Crippen molar-refractivity contribution in [1.29, 1.82) is 0 Å². The van der Waals surface area contributed by atoms with Gasteiger partial charge in [-0.1, -0.05) is 24.3 Å². The molecule has 0 radical (unpaired) electrons. The summed E-state index contributed by atoms with van der Waals surface area (Å²) < 4.78 is 46.2. The summed E-state index contributed by atoms with van der Waals surface area (Å²) in [5.41, 5.74) is 2.62. The summed E-state index contributed by atoms with van der Waals surface area (Å²) in [6, 6.07) is 12.7. The first-order chi connectivity index (χ1) is 13.5. The Kier molecular flexibility index (Phi) is 5.88. The molecule has 2 aromatic rings. The zero-order valence-electron chi connectivity index (χ0n) is 16.0. The molecule has 8 heteroatoms. The molecule has 1 aliphatic heterocycles. The molecule has 0 aliphatic carbocycles. The lowest BCUT2D eigenvalue weighted by Gasteiger charge is -2.18. The third-order valence-electron chi connectivity index (χ3n) is 4.51. The minimum absolute atomic E-state index is 0.0943. The molecule has 6 nitrogen and oxygen atoms in total. The van der Waals surface area contributed by atoms with E-state index in [9.17, 15) is 21.6 Å². The summed E-state index contributed by atoms with van der Waals surface area (Å²) in [4.78, 5) is 13.3. The first-order valence-corrected chi connectivity index (χ1v) is 12.6. The van der Waals surface area contributed by atoms with Gasteiger partial charge in [0, 0.05) is 36.7 Å². The zero-order valence-corrected chi connectivity index (χ0v) is 17.7. The molecule has 2 aromatic carbocycles. The molecule has 1 saturated heterocycles. The number of nitrogens with one attached hydrogen (secondary N) is 1. The second-order valence-corrected chi connectivity index (χ2v) is 11.0. The fourth-order valence-electron chi connectivity index (χ4n) is 2.96. The van der Waals surface area contributed by atoms with Gasteiger partial charge in [0.2, 0.25) is 0 Å². The molecule has 0 spiro atoms. The van der Waals surface area contributed by atoms with Crippen LogP contribution in [0.15, 0.2) is 69.5 Å². The van der Waals surface area contributed by atoms with E-state index in [0.717, 1.165) is 23.6 Å². The molecule has 1 heterocycles. The Morgan fingerprint density at radius 3 is 1.34 bits per heavy atom. The Balaban J connectivity index is 1.84. The van der Waals surface area contributed by atoms with E-state index in [1.807, 2.05) is 0 Å². The average Bonchev–Trinajstić information content (AvgIpc) is 2.64. The Bertz CT molecular complexity index is 1110. The second-order valence-electron chi connectivity index (χ2n) is 6.95. The molecule has 3 rings (SSSR count). The van der Waals surface area contributed by atoms with E-state index >= 15 is 0 Å². The van der Waals surface area contributed by atoms with Crippen LogP contribution in [0.2, 0.25) is 0 Å². The smallest absolute Gasteiger partial charge is 0.187 e. The number of carbonyl (C=O) groups excluding carboxylic acids is 1. The maximum atomic E-state index is 12.8. The van der Waals surface area contributed by atoms with Crippen molar-refractivity contribution in [3.05, 3.63) is 70.8 Å². The zero-order chi connectivity index (χ0) is 21.2. The maximum Gasteiger partial charge on any atom is 0.187 e. The number of rotatable bonds is 4. The number of Topliss-reactive ketones (excluding diaryl/α,β-unsaturated/α-hetero) is 1. The molecule has 0 saturated carbocycles.